The van der Waals surface area contributed by atoms with Crippen molar-refractivity contribution in [2.75, 3.05) is 6.61 Å². The van der Waals surface area contributed by atoms with E-state index in [0.29, 0.717) is 17.5 Å². The number of hydrogen-bond acceptors (Lipinski definition) is 6. The van der Waals surface area contributed by atoms with Crippen molar-refractivity contribution in [2.24, 2.45) is 0 Å². The Balaban J connectivity index is 2.05. The van der Waals surface area contributed by atoms with Crippen LogP contribution in [0.2, 0.25) is 0 Å². The highest BCUT2D eigenvalue weighted by Gasteiger charge is 2.19. The molecular weight excluding hydrogens is 288 g/mol. The summed E-state index contributed by atoms with van der Waals surface area (Å²) in [5.74, 6) is 0.328. The number of nitrogens with zero attached hydrogens (tertiary/aromatic N) is 4. The number of ether oxygens (including phenoxy) is 1. The molecule has 0 aliphatic heterocycles. The largest absolute Gasteiger partial charge is 0.465 e. The van der Waals surface area contributed by atoms with Crippen LogP contribution in [0.3, 0.4) is 0 Å². The Bertz CT molecular complexity index is 641. The SMILES string of the molecule is CCCCOC(=O)C(C)Sc1nc2nc(C)cc(C)n2n1. The van der Waals surface area contributed by atoms with Gasteiger partial charge in [0, 0.05) is 11.4 Å². The standard InChI is InChI=1S/C14H20N4O2S/c1-5-6-7-20-12(19)11(4)21-14-16-13-15-9(2)8-10(3)18(13)17-14/h8,11H,5-7H2,1-4H3. The molecule has 0 aromatic carbocycles. The fraction of sp³-hybridized carbons (Fsp3) is 0.571. The minimum atomic E-state index is -0.333. The van der Waals surface area contributed by atoms with E-state index in [4.69, 9.17) is 4.74 Å². The van der Waals surface area contributed by atoms with Crippen molar-refractivity contribution in [3.05, 3.63) is 17.5 Å². The molecule has 1 atom stereocenters. The molecule has 0 saturated heterocycles. The summed E-state index contributed by atoms with van der Waals surface area (Å²) in [6.45, 7) is 8.20. The van der Waals surface area contributed by atoms with Gasteiger partial charge in [0.1, 0.15) is 5.25 Å². The molecule has 0 fully saturated rings. The first-order chi connectivity index (χ1) is 10.0. The van der Waals surface area contributed by atoms with E-state index in [1.54, 1.807) is 11.4 Å². The van der Waals surface area contributed by atoms with Crippen LogP contribution in [-0.2, 0) is 9.53 Å². The van der Waals surface area contributed by atoms with Crippen molar-refractivity contribution < 1.29 is 9.53 Å². The van der Waals surface area contributed by atoms with Gasteiger partial charge in [-0.15, -0.1) is 5.10 Å². The maximum atomic E-state index is 11.8. The fourth-order valence-corrected chi connectivity index (χ4v) is 2.58. The van der Waals surface area contributed by atoms with E-state index in [1.165, 1.54) is 11.8 Å². The predicted molar refractivity (Wildman–Crippen MR) is 81.4 cm³/mol. The summed E-state index contributed by atoms with van der Waals surface area (Å²) in [4.78, 5) is 20.5. The topological polar surface area (TPSA) is 69.4 Å². The van der Waals surface area contributed by atoms with Gasteiger partial charge in [0.15, 0.2) is 0 Å². The highest BCUT2D eigenvalue weighted by molar-refractivity contribution is 8.00. The van der Waals surface area contributed by atoms with Crippen molar-refractivity contribution >= 4 is 23.5 Å². The molecule has 0 amide bonds. The number of rotatable bonds is 6. The molecule has 21 heavy (non-hydrogen) atoms. The van der Waals surface area contributed by atoms with Crippen molar-refractivity contribution in [1.82, 2.24) is 19.6 Å². The molecule has 0 spiro atoms. The van der Waals surface area contributed by atoms with E-state index in [0.717, 1.165) is 24.2 Å². The van der Waals surface area contributed by atoms with Crippen molar-refractivity contribution in [2.45, 2.75) is 50.9 Å². The van der Waals surface area contributed by atoms with E-state index >= 15 is 0 Å². The molecule has 0 radical (unpaired) electrons. The maximum absolute atomic E-state index is 11.8. The van der Waals surface area contributed by atoms with Crippen LogP contribution in [0.4, 0.5) is 0 Å². The van der Waals surface area contributed by atoms with Crippen LogP contribution >= 0.6 is 11.8 Å². The second-order valence-corrected chi connectivity index (χ2v) is 6.23. The van der Waals surface area contributed by atoms with Gasteiger partial charge in [-0.3, -0.25) is 4.79 Å². The Kier molecular flexibility index (Phi) is 5.17. The number of aryl methyl sites for hydroxylation is 2. The van der Waals surface area contributed by atoms with Gasteiger partial charge in [0.05, 0.1) is 6.61 Å². The van der Waals surface area contributed by atoms with Crippen LogP contribution in [0.5, 0.6) is 0 Å². The molecule has 6 nitrogen and oxygen atoms in total. The number of aromatic nitrogens is 4. The number of esters is 1. The zero-order valence-electron chi connectivity index (χ0n) is 12.8. The lowest BCUT2D eigenvalue weighted by molar-refractivity contribution is -0.142. The van der Waals surface area contributed by atoms with E-state index < -0.39 is 0 Å². The normalized spacial score (nSPS) is 12.6. The molecule has 1 unspecified atom stereocenters. The smallest absolute Gasteiger partial charge is 0.319 e. The van der Waals surface area contributed by atoms with Gasteiger partial charge in [0.2, 0.25) is 5.16 Å². The quantitative estimate of drug-likeness (QED) is 0.464. The van der Waals surface area contributed by atoms with Crippen molar-refractivity contribution in [1.29, 1.82) is 0 Å². The van der Waals surface area contributed by atoms with Gasteiger partial charge in [-0.05, 0) is 33.3 Å². The summed E-state index contributed by atoms with van der Waals surface area (Å²) in [5, 5.41) is 4.58. The number of unbranched alkanes of at least 4 members (excludes halogenated alkanes) is 1. The minimum Gasteiger partial charge on any atom is -0.465 e. The average Bonchev–Trinajstić information content (AvgIpc) is 2.81. The molecule has 2 aromatic heterocycles. The van der Waals surface area contributed by atoms with Gasteiger partial charge >= 0.3 is 5.97 Å². The van der Waals surface area contributed by atoms with Crippen LogP contribution in [0.25, 0.3) is 5.78 Å². The molecule has 0 saturated carbocycles. The zero-order valence-corrected chi connectivity index (χ0v) is 13.6. The van der Waals surface area contributed by atoms with Crippen LogP contribution in [0.1, 0.15) is 38.1 Å². The van der Waals surface area contributed by atoms with Gasteiger partial charge in [-0.25, -0.2) is 9.50 Å². The lowest BCUT2D eigenvalue weighted by Crippen LogP contribution is -2.17. The molecule has 2 rings (SSSR count). The third-order valence-corrected chi connectivity index (χ3v) is 3.88. The van der Waals surface area contributed by atoms with E-state index in [-0.39, 0.29) is 11.2 Å². The number of carbonyl (C=O) groups is 1. The number of fused-ring (bicyclic) bond motifs is 1. The summed E-state index contributed by atoms with van der Waals surface area (Å²) >= 11 is 1.29. The second-order valence-electron chi connectivity index (χ2n) is 4.93. The Morgan fingerprint density at radius 3 is 2.90 bits per heavy atom. The predicted octanol–water partition coefficient (Wildman–Crippen LogP) is 2.57. The second kappa shape index (κ2) is 6.89. The van der Waals surface area contributed by atoms with Crippen LogP contribution < -0.4 is 0 Å². The zero-order chi connectivity index (χ0) is 15.4. The molecule has 114 valence electrons. The lowest BCUT2D eigenvalue weighted by Gasteiger charge is -2.08. The average molecular weight is 308 g/mol. The maximum Gasteiger partial charge on any atom is 0.319 e. The summed E-state index contributed by atoms with van der Waals surface area (Å²) in [6, 6.07) is 1.94. The minimum absolute atomic E-state index is 0.229. The monoisotopic (exact) mass is 308 g/mol. The number of thioether (sulfide) groups is 1. The Labute approximate surface area is 128 Å². The van der Waals surface area contributed by atoms with Crippen LogP contribution in [-0.4, -0.2) is 37.4 Å². The van der Waals surface area contributed by atoms with E-state index in [1.807, 2.05) is 19.9 Å². The molecule has 2 aromatic rings. The first-order valence-corrected chi connectivity index (χ1v) is 7.93. The van der Waals surface area contributed by atoms with E-state index in [2.05, 4.69) is 22.0 Å². The summed E-state index contributed by atoms with van der Waals surface area (Å²) in [6.07, 6.45) is 1.89. The molecule has 0 aliphatic carbocycles. The fourth-order valence-electron chi connectivity index (χ4n) is 1.84. The van der Waals surface area contributed by atoms with Crippen molar-refractivity contribution in [3.8, 4) is 0 Å². The van der Waals surface area contributed by atoms with E-state index in [9.17, 15) is 4.79 Å². The van der Waals surface area contributed by atoms with Crippen LogP contribution in [0.15, 0.2) is 11.2 Å². The van der Waals surface area contributed by atoms with Gasteiger partial charge in [-0.2, -0.15) is 4.98 Å². The number of carbonyl (C=O) groups excluding carboxylic acids is 1. The van der Waals surface area contributed by atoms with Crippen LogP contribution in [0, 0.1) is 13.8 Å². The van der Waals surface area contributed by atoms with Gasteiger partial charge in [0.25, 0.3) is 5.78 Å². The van der Waals surface area contributed by atoms with Gasteiger partial charge < -0.3 is 4.74 Å². The molecule has 0 N–H and O–H groups in total. The summed E-state index contributed by atoms with van der Waals surface area (Å²) < 4.78 is 6.88. The molecule has 0 aliphatic rings. The van der Waals surface area contributed by atoms with Crippen molar-refractivity contribution in [3.63, 3.8) is 0 Å². The molecule has 7 heteroatoms. The Morgan fingerprint density at radius 2 is 2.19 bits per heavy atom. The Morgan fingerprint density at radius 1 is 1.43 bits per heavy atom. The molecule has 0 bridgehead atoms. The summed E-state index contributed by atoms with van der Waals surface area (Å²) in [7, 11) is 0. The Hall–Kier alpha value is -1.63. The highest BCUT2D eigenvalue weighted by atomic mass is 32.2. The highest BCUT2D eigenvalue weighted by Crippen LogP contribution is 2.21. The third kappa shape index (κ3) is 3.93. The lowest BCUT2D eigenvalue weighted by atomic mass is 10.4. The molecular formula is C14H20N4O2S. The first-order valence-electron chi connectivity index (χ1n) is 7.05. The number of hydrogen-bond donors (Lipinski definition) is 0. The first kappa shape index (κ1) is 15.8. The third-order valence-electron chi connectivity index (χ3n) is 2.96. The van der Waals surface area contributed by atoms with Gasteiger partial charge in [-0.1, -0.05) is 25.1 Å². The molecule has 2 heterocycles. The summed E-state index contributed by atoms with van der Waals surface area (Å²) in [5.41, 5.74) is 1.87.